The lowest BCUT2D eigenvalue weighted by atomic mass is 10.1. The molecular formula is C18H12BrN3O4S. The second-order valence-electron chi connectivity index (χ2n) is 6.22. The van der Waals surface area contributed by atoms with Gasteiger partial charge in [0, 0.05) is 17.7 Å². The molecule has 136 valence electrons. The number of phenols is 1. The van der Waals surface area contributed by atoms with Gasteiger partial charge in [-0.2, -0.15) is 0 Å². The van der Waals surface area contributed by atoms with Crippen molar-refractivity contribution in [1.82, 2.24) is 9.38 Å². The van der Waals surface area contributed by atoms with Crippen molar-refractivity contribution in [2.24, 2.45) is 0 Å². The molecule has 4 rings (SSSR count). The summed E-state index contributed by atoms with van der Waals surface area (Å²) in [4.78, 5) is 28.5. The normalized spacial score (nSPS) is 12.3. The molecule has 9 heteroatoms. The number of rotatable bonds is 2. The van der Waals surface area contributed by atoms with Gasteiger partial charge in [-0.1, -0.05) is 17.4 Å². The van der Waals surface area contributed by atoms with Gasteiger partial charge in [0.05, 0.1) is 25.0 Å². The maximum absolute atomic E-state index is 12.9. The number of halogens is 1. The Hall–Kier alpha value is -2.78. The number of aryl methyl sites for hydroxylation is 2. The van der Waals surface area contributed by atoms with E-state index in [0.29, 0.717) is 9.49 Å². The van der Waals surface area contributed by atoms with Crippen molar-refractivity contribution >= 4 is 55.0 Å². The number of hydrogen-bond donors (Lipinski definition) is 1. The molecule has 0 atom stereocenters. The highest BCUT2D eigenvalue weighted by atomic mass is 79.9. The van der Waals surface area contributed by atoms with Crippen LogP contribution in [0.1, 0.15) is 16.7 Å². The van der Waals surface area contributed by atoms with Crippen LogP contribution in [0, 0.1) is 24.0 Å². The monoisotopic (exact) mass is 445 g/mol. The van der Waals surface area contributed by atoms with Crippen molar-refractivity contribution in [1.29, 1.82) is 0 Å². The SMILES string of the molecule is Cc1cc(C)c2nc3s/c(=C\c4cc([N+](=O)[O-])cc(Br)c4O)c(=O)n3c2c1. The highest BCUT2D eigenvalue weighted by Gasteiger charge is 2.16. The number of phenolic OH excluding ortho intramolecular Hbond substituents is 1. The molecule has 0 aliphatic rings. The molecule has 1 N–H and O–H groups in total. The van der Waals surface area contributed by atoms with Crippen LogP contribution in [0.3, 0.4) is 0 Å². The zero-order chi connectivity index (χ0) is 19.5. The van der Waals surface area contributed by atoms with E-state index in [0.717, 1.165) is 22.2 Å². The van der Waals surface area contributed by atoms with E-state index in [1.54, 1.807) is 0 Å². The molecule has 0 radical (unpaired) electrons. The third-order valence-corrected chi connectivity index (χ3v) is 5.83. The molecule has 2 aromatic carbocycles. The predicted octanol–water partition coefficient (Wildman–Crippen LogP) is 3.45. The summed E-state index contributed by atoms with van der Waals surface area (Å²) in [5, 5.41) is 21.3. The smallest absolute Gasteiger partial charge is 0.274 e. The molecule has 0 unspecified atom stereocenters. The summed E-state index contributed by atoms with van der Waals surface area (Å²) >= 11 is 4.28. The summed E-state index contributed by atoms with van der Waals surface area (Å²) in [5.74, 6) is -0.164. The van der Waals surface area contributed by atoms with E-state index in [-0.39, 0.29) is 27.0 Å². The number of nitro benzene ring substituents is 1. The zero-order valence-electron chi connectivity index (χ0n) is 14.2. The first-order valence-electron chi connectivity index (χ1n) is 7.87. The number of benzene rings is 2. The fourth-order valence-electron chi connectivity index (χ4n) is 3.07. The molecule has 0 saturated heterocycles. The summed E-state index contributed by atoms with van der Waals surface area (Å²) < 4.78 is 2.06. The first kappa shape index (κ1) is 17.6. The minimum Gasteiger partial charge on any atom is -0.506 e. The predicted molar refractivity (Wildman–Crippen MR) is 108 cm³/mol. The molecular weight excluding hydrogens is 434 g/mol. The van der Waals surface area contributed by atoms with Gasteiger partial charge < -0.3 is 5.11 Å². The molecule has 0 bridgehead atoms. The van der Waals surface area contributed by atoms with Gasteiger partial charge in [-0.15, -0.1) is 0 Å². The minimum absolute atomic E-state index is 0.164. The van der Waals surface area contributed by atoms with Crippen molar-refractivity contribution in [3.8, 4) is 5.75 Å². The van der Waals surface area contributed by atoms with Crippen molar-refractivity contribution in [3.63, 3.8) is 0 Å². The second kappa shape index (κ2) is 6.14. The Morgan fingerprint density at radius 1 is 1.30 bits per heavy atom. The van der Waals surface area contributed by atoms with Gasteiger partial charge in [0.15, 0.2) is 4.96 Å². The molecule has 2 heterocycles. The number of aromatic nitrogens is 2. The van der Waals surface area contributed by atoms with Gasteiger partial charge in [0.25, 0.3) is 11.2 Å². The Labute approximate surface area is 164 Å². The van der Waals surface area contributed by atoms with Gasteiger partial charge in [-0.25, -0.2) is 9.38 Å². The highest BCUT2D eigenvalue weighted by molar-refractivity contribution is 9.10. The number of imidazole rings is 1. The van der Waals surface area contributed by atoms with Gasteiger partial charge in [0.2, 0.25) is 0 Å². The Kier molecular flexibility index (Phi) is 4.01. The molecule has 4 aromatic rings. The number of nitrogens with zero attached hydrogens (tertiary/aromatic N) is 3. The number of fused-ring (bicyclic) bond motifs is 3. The average Bonchev–Trinajstić information content (AvgIpc) is 3.09. The van der Waals surface area contributed by atoms with Crippen LogP contribution in [0.4, 0.5) is 5.69 Å². The van der Waals surface area contributed by atoms with Crippen LogP contribution in [0.2, 0.25) is 0 Å². The van der Waals surface area contributed by atoms with Gasteiger partial charge in [-0.05, 0) is 53.0 Å². The standard InChI is InChI=1S/C18H12BrN3O4S/c1-8-3-9(2)15-13(4-8)21-17(24)14(27-18(21)20-15)6-10-5-11(22(25)26)7-12(19)16(10)23/h3-7,23H,1-2H3/b14-6-. The Balaban J connectivity index is 2.02. The topological polar surface area (TPSA) is 97.7 Å². The van der Waals surface area contributed by atoms with Crippen LogP contribution in [0.15, 0.2) is 33.5 Å². The van der Waals surface area contributed by atoms with Gasteiger partial charge in [-0.3, -0.25) is 14.9 Å². The van der Waals surface area contributed by atoms with Crippen LogP contribution in [0.5, 0.6) is 5.75 Å². The zero-order valence-corrected chi connectivity index (χ0v) is 16.6. The van der Waals surface area contributed by atoms with E-state index in [9.17, 15) is 20.0 Å². The maximum atomic E-state index is 12.9. The minimum atomic E-state index is -0.556. The van der Waals surface area contributed by atoms with E-state index in [2.05, 4.69) is 20.9 Å². The lowest BCUT2D eigenvalue weighted by molar-refractivity contribution is -0.385. The first-order chi connectivity index (χ1) is 12.8. The number of hydrogen-bond acceptors (Lipinski definition) is 6. The Morgan fingerprint density at radius 2 is 2.04 bits per heavy atom. The van der Waals surface area contributed by atoms with Crippen molar-refractivity contribution in [2.75, 3.05) is 0 Å². The van der Waals surface area contributed by atoms with Crippen LogP contribution >= 0.6 is 27.3 Å². The van der Waals surface area contributed by atoms with Gasteiger partial charge in [0.1, 0.15) is 5.75 Å². The largest absolute Gasteiger partial charge is 0.506 e. The van der Waals surface area contributed by atoms with Crippen molar-refractivity contribution in [2.45, 2.75) is 13.8 Å². The molecule has 0 fully saturated rings. The van der Waals surface area contributed by atoms with Crippen LogP contribution in [0.25, 0.3) is 22.1 Å². The number of aromatic hydroxyl groups is 1. The molecule has 7 nitrogen and oxygen atoms in total. The highest BCUT2D eigenvalue weighted by Crippen LogP contribution is 2.33. The summed E-state index contributed by atoms with van der Waals surface area (Å²) in [6, 6.07) is 6.36. The number of non-ortho nitro benzene ring substituents is 1. The summed E-state index contributed by atoms with van der Waals surface area (Å²) in [5.41, 5.74) is 3.25. The van der Waals surface area contributed by atoms with Crippen molar-refractivity contribution in [3.05, 3.63) is 70.4 Å². The summed E-state index contributed by atoms with van der Waals surface area (Å²) in [7, 11) is 0. The van der Waals surface area contributed by atoms with Gasteiger partial charge >= 0.3 is 0 Å². The van der Waals surface area contributed by atoms with Crippen LogP contribution in [-0.2, 0) is 0 Å². The molecule has 0 aliphatic heterocycles. The first-order valence-corrected chi connectivity index (χ1v) is 9.48. The lowest BCUT2D eigenvalue weighted by Crippen LogP contribution is -2.22. The fourth-order valence-corrected chi connectivity index (χ4v) is 4.51. The van der Waals surface area contributed by atoms with E-state index >= 15 is 0 Å². The van der Waals surface area contributed by atoms with E-state index < -0.39 is 4.92 Å². The third-order valence-electron chi connectivity index (χ3n) is 4.25. The van der Waals surface area contributed by atoms with Crippen LogP contribution in [-0.4, -0.2) is 19.4 Å². The average molecular weight is 446 g/mol. The Morgan fingerprint density at radius 3 is 2.74 bits per heavy atom. The van der Waals surface area contributed by atoms with E-state index in [1.165, 1.54) is 33.9 Å². The number of thiazole rings is 1. The van der Waals surface area contributed by atoms with E-state index in [1.807, 2.05) is 26.0 Å². The lowest BCUT2D eigenvalue weighted by Gasteiger charge is -2.01. The summed E-state index contributed by atoms with van der Waals surface area (Å²) in [6.45, 7) is 3.90. The second-order valence-corrected chi connectivity index (χ2v) is 8.08. The Bertz CT molecular complexity index is 1370. The quantitative estimate of drug-likeness (QED) is 0.376. The fraction of sp³-hybridized carbons (Fsp3) is 0.111. The summed E-state index contributed by atoms with van der Waals surface area (Å²) in [6.07, 6.45) is 1.45. The third kappa shape index (κ3) is 2.79. The van der Waals surface area contributed by atoms with E-state index in [4.69, 9.17) is 0 Å². The molecule has 2 aromatic heterocycles. The molecule has 0 spiro atoms. The molecule has 27 heavy (non-hydrogen) atoms. The molecule has 0 aliphatic carbocycles. The number of nitro groups is 1. The molecule has 0 amide bonds. The van der Waals surface area contributed by atoms with Crippen LogP contribution < -0.4 is 10.1 Å². The van der Waals surface area contributed by atoms with Crippen molar-refractivity contribution < 1.29 is 10.0 Å². The molecule has 0 saturated carbocycles. The maximum Gasteiger partial charge on any atom is 0.274 e.